The Labute approximate surface area is 178 Å². The molecule has 0 heterocycles. The van der Waals surface area contributed by atoms with E-state index in [1.807, 2.05) is 34.6 Å². The molecule has 0 saturated carbocycles. The van der Waals surface area contributed by atoms with Gasteiger partial charge >= 0.3 is 17.9 Å². The monoisotopic (exact) mass is 412 g/mol. The first-order valence-corrected chi connectivity index (χ1v) is 9.56. The molecule has 6 heteroatoms. The molecule has 0 spiro atoms. The van der Waals surface area contributed by atoms with Gasteiger partial charge in [-0.25, -0.2) is 9.59 Å². The van der Waals surface area contributed by atoms with Gasteiger partial charge in [-0.2, -0.15) is 0 Å². The summed E-state index contributed by atoms with van der Waals surface area (Å²) in [5.41, 5.74) is -0.0841. The van der Waals surface area contributed by atoms with E-state index in [2.05, 4.69) is 11.8 Å². The Morgan fingerprint density at radius 1 is 0.933 bits per heavy atom. The van der Waals surface area contributed by atoms with Gasteiger partial charge in [-0.05, 0) is 36.0 Å². The first kappa shape index (κ1) is 24.8. The van der Waals surface area contributed by atoms with Crippen molar-refractivity contribution in [2.75, 3.05) is 13.2 Å². The summed E-state index contributed by atoms with van der Waals surface area (Å²) >= 11 is 0. The van der Waals surface area contributed by atoms with E-state index in [1.165, 1.54) is 18.2 Å². The molecule has 1 aromatic rings. The summed E-state index contributed by atoms with van der Waals surface area (Å²) in [4.78, 5) is 37.3. The SMILES string of the molecule is C#CCOC(=O)c1cc(OC(=O)C(CC(C)(C)C)C(C)C)cc(C(=O)OCC#C)c1. The van der Waals surface area contributed by atoms with Crippen molar-refractivity contribution in [2.24, 2.45) is 17.3 Å². The van der Waals surface area contributed by atoms with E-state index in [-0.39, 0.29) is 47.3 Å². The van der Waals surface area contributed by atoms with Gasteiger partial charge < -0.3 is 14.2 Å². The third-order valence-corrected chi connectivity index (χ3v) is 4.11. The second kappa shape index (κ2) is 11.1. The van der Waals surface area contributed by atoms with Crippen molar-refractivity contribution in [1.82, 2.24) is 0 Å². The Bertz CT molecular complexity index is 813. The smallest absolute Gasteiger partial charge is 0.339 e. The fourth-order valence-corrected chi connectivity index (χ4v) is 2.72. The lowest BCUT2D eigenvalue weighted by molar-refractivity contribution is -0.141. The minimum absolute atomic E-state index is 0.000117. The molecule has 0 amide bonds. The van der Waals surface area contributed by atoms with Crippen LogP contribution in [0.15, 0.2) is 18.2 Å². The highest BCUT2D eigenvalue weighted by Crippen LogP contribution is 2.30. The second-order valence-electron chi connectivity index (χ2n) is 8.34. The molecule has 0 fully saturated rings. The number of terminal acetylenes is 2. The molecule has 1 rings (SSSR count). The maximum Gasteiger partial charge on any atom is 0.339 e. The van der Waals surface area contributed by atoms with E-state index in [4.69, 9.17) is 27.1 Å². The zero-order valence-electron chi connectivity index (χ0n) is 18.1. The minimum atomic E-state index is -0.757. The van der Waals surface area contributed by atoms with Gasteiger partial charge in [-0.15, -0.1) is 12.8 Å². The fraction of sp³-hybridized carbons (Fsp3) is 0.458. The number of esters is 3. The molecule has 0 aromatic heterocycles. The molecule has 0 saturated heterocycles. The Hall–Kier alpha value is -3.25. The highest BCUT2D eigenvalue weighted by molar-refractivity contribution is 5.96. The van der Waals surface area contributed by atoms with Crippen LogP contribution >= 0.6 is 0 Å². The van der Waals surface area contributed by atoms with Crippen LogP contribution in [0.4, 0.5) is 0 Å². The fourth-order valence-electron chi connectivity index (χ4n) is 2.72. The third-order valence-electron chi connectivity index (χ3n) is 4.11. The lowest BCUT2D eigenvalue weighted by Crippen LogP contribution is -2.29. The Balaban J connectivity index is 3.24. The number of benzene rings is 1. The van der Waals surface area contributed by atoms with Gasteiger partial charge in [-0.3, -0.25) is 4.79 Å². The molecular weight excluding hydrogens is 384 g/mol. The number of ether oxygens (including phenoxy) is 3. The predicted octanol–water partition coefficient (Wildman–Crippen LogP) is 3.88. The molecule has 0 aliphatic carbocycles. The largest absolute Gasteiger partial charge is 0.449 e. The first-order chi connectivity index (χ1) is 14.0. The van der Waals surface area contributed by atoms with Gasteiger partial charge in [0.15, 0.2) is 13.2 Å². The lowest BCUT2D eigenvalue weighted by atomic mass is 9.80. The zero-order valence-corrected chi connectivity index (χ0v) is 18.1. The predicted molar refractivity (Wildman–Crippen MR) is 113 cm³/mol. The van der Waals surface area contributed by atoms with Crippen LogP contribution in [0.3, 0.4) is 0 Å². The topological polar surface area (TPSA) is 78.9 Å². The summed E-state index contributed by atoms with van der Waals surface area (Å²) < 4.78 is 15.3. The molecule has 0 N–H and O–H groups in total. The van der Waals surface area contributed by atoms with Gasteiger partial charge in [0.2, 0.25) is 0 Å². The maximum absolute atomic E-state index is 12.8. The van der Waals surface area contributed by atoms with Crippen molar-refractivity contribution in [3.63, 3.8) is 0 Å². The number of rotatable bonds is 8. The highest BCUT2D eigenvalue weighted by Gasteiger charge is 2.29. The van der Waals surface area contributed by atoms with Crippen LogP contribution in [-0.2, 0) is 14.3 Å². The summed E-state index contributed by atoms with van der Waals surface area (Å²) in [6.07, 6.45) is 10.8. The van der Waals surface area contributed by atoms with Crippen LogP contribution in [0.2, 0.25) is 0 Å². The van der Waals surface area contributed by atoms with Crippen molar-refractivity contribution in [2.45, 2.75) is 41.0 Å². The average Bonchev–Trinajstić information content (AvgIpc) is 2.67. The number of carbonyl (C=O) groups excluding carboxylic acids is 3. The molecular formula is C24H28O6. The second-order valence-corrected chi connectivity index (χ2v) is 8.34. The van der Waals surface area contributed by atoms with Crippen molar-refractivity contribution in [1.29, 1.82) is 0 Å². The van der Waals surface area contributed by atoms with Crippen molar-refractivity contribution >= 4 is 17.9 Å². The molecule has 0 bridgehead atoms. The molecule has 160 valence electrons. The van der Waals surface area contributed by atoms with Crippen LogP contribution in [0.25, 0.3) is 0 Å². The Morgan fingerprint density at radius 2 is 1.40 bits per heavy atom. The summed E-state index contributed by atoms with van der Waals surface area (Å²) in [7, 11) is 0. The standard InChI is InChI=1S/C24H28O6/c1-8-10-28-21(25)17-12-18(22(26)29-11-9-2)14-19(13-17)30-23(27)20(16(3)4)15-24(5,6)7/h1-2,12-14,16,20H,10-11,15H2,3-7H3. The van der Waals surface area contributed by atoms with Crippen LogP contribution < -0.4 is 4.74 Å². The number of hydrogen-bond donors (Lipinski definition) is 0. The van der Waals surface area contributed by atoms with Crippen molar-refractivity contribution in [3.8, 4) is 30.4 Å². The van der Waals surface area contributed by atoms with E-state index in [9.17, 15) is 14.4 Å². The summed E-state index contributed by atoms with van der Waals surface area (Å²) in [5, 5.41) is 0. The molecule has 1 aromatic carbocycles. The first-order valence-electron chi connectivity index (χ1n) is 9.56. The minimum Gasteiger partial charge on any atom is -0.449 e. The third kappa shape index (κ3) is 8.01. The molecule has 0 aliphatic heterocycles. The molecule has 1 atom stereocenters. The molecule has 6 nitrogen and oxygen atoms in total. The zero-order chi connectivity index (χ0) is 22.9. The van der Waals surface area contributed by atoms with Gasteiger partial charge in [0.25, 0.3) is 0 Å². The van der Waals surface area contributed by atoms with Crippen LogP contribution in [0.1, 0.15) is 61.8 Å². The van der Waals surface area contributed by atoms with E-state index in [0.717, 1.165) is 0 Å². The molecule has 1 unspecified atom stereocenters. The van der Waals surface area contributed by atoms with Crippen molar-refractivity contribution < 1.29 is 28.6 Å². The molecule has 0 aliphatic rings. The quantitative estimate of drug-likeness (QED) is 0.366. The summed E-state index contributed by atoms with van der Waals surface area (Å²) in [6.45, 7) is 9.52. The number of carbonyl (C=O) groups is 3. The normalized spacial score (nSPS) is 11.7. The van der Waals surface area contributed by atoms with Gasteiger partial charge in [0, 0.05) is 0 Å². The Morgan fingerprint density at radius 3 is 1.77 bits per heavy atom. The average molecular weight is 412 g/mol. The van der Waals surface area contributed by atoms with Crippen LogP contribution in [-0.4, -0.2) is 31.1 Å². The van der Waals surface area contributed by atoms with E-state index in [1.54, 1.807) is 0 Å². The van der Waals surface area contributed by atoms with Crippen LogP contribution in [0.5, 0.6) is 5.75 Å². The van der Waals surface area contributed by atoms with Crippen molar-refractivity contribution in [3.05, 3.63) is 29.3 Å². The van der Waals surface area contributed by atoms with E-state index in [0.29, 0.717) is 6.42 Å². The summed E-state index contributed by atoms with van der Waals surface area (Å²) in [6, 6.07) is 3.91. The summed E-state index contributed by atoms with van der Waals surface area (Å²) in [5.74, 6) is 2.12. The van der Waals surface area contributed by atoms with E-state index < -0.39 is 17.9 Å². The van der Waals surface area contributed by atoms with E-state index >= 15 is 0 Å². The lowest BCUT2D eigenvalue weighted by Gasteiger charge is -2.27. The van der Waals surface area contributed by atoms with Gasteiger partial charge in [0.1, 0.15) is 5.75 Å². The van der Waals surface area contributed by atoms with Gasteiger partial charge in [-0.1, -0.05) is 46.5 Å². The van der Waals surface area contributed by atoms with Crippen LogP contribution in [0, 0.1) is 41.9 Å². The number of hydrogen-bond acceptors (Lipinski definition) is 6. The highest BCUT2D eigenvalue weighted by atomic mass is 16.5. The maximum atomic E-state index is 12.8. The molecule has 30 heavy (non-hydrogen) atoms. The Kier molecular flexibility index (Phi) is 9.15. The molecule has 0 radical (unpaired) electrons. The van der Waals surface area contributed by atoms with Gasteiger partial charge in [0.05, 0.1) is 17.0 Å².